The first-order chi connectivity index (χ1) is 7.39. The minimum Gasteiger partial charge on any atom is -0.166 e. The zero-order valence-corrected chi connectivity index (χ0v) is 9.43. The summed E-state index contributed by atoms with van der Waals surface area (Å²) in [6, 6.07) is 4.19. The Kier molecular flexibility index (Phi) is 2.72. The maximum absolute atomic E-state index is 12.6. The molecule has 0 radical (unpaired) electrons. The number of halogens is 3. The summed E-state index contributed by atoms with van der Waals surface area (Å²) >= 11 is 0. The van der Waals surface area contributed by atoms with E-state index in [9.17, 15) is 13.2 Å². The lowest BCUT2D eigenvalue weighted by Crippen LogP contribution is -2.07. The lowest BCUT2D eigenvalue weighted by atomic mass is 9.92. The molecule has 0 saturated heterocycles. The van der Waals surface area contributed by atoms with E-state index in [1.807, 2.05) is 13.8 Å². The zero-order valence-electron chi connectivity index (χ0n) is 9.43. The van der Waals surface area contributed by atoms with Gasteiger partial charge < -0.3 is 0 Å². The average molecular weight is 228 g/mol. The van der Waals surface area contributed by atoms with Crippen LogP contribution in [0.25, 0.3) is 0 Å². The largest absolute Gasteiger partial charge is 0.416 e. The monoisotopic (exact) mass is 228 g/mol. The van der Waals surface area contributed by atoms with Crippen LogP contribution in [0, 0.1) is 0 Å². The Labute approximate surface area is 93.5 Å². The van der Waals surface area contributed by atoms with Gasteiger partial charge in [0.15, 0.2) is 0 Å². The van der Waals surface area contributed by atoms with Crippen LogP contribution in [-0.4, -0.2) is 0 Å². The number of alkyl halides is 3. The van der Waals surface area contributed by atoms with Gasteiger partial charge in [-0.2, -0.15) is 13.2 Å². The van der Waals surface area contributed by atoms with E-state index in [1.165, 1.54) is 12.1 Å². The molecule has 2 rings (SSSR count). The maximum atomic E-state index is 12.6. The molecule has 0 atom stereocenters. The third kappa shape index (κ3) is 2.23. The van der Waals surface area contributed by atoms with Crippen molar-refractivity contribution in [1.82, 2.24) is 0 Å². The first-order valence-corrected chi connectivity index (χ1v) is 5.60. The van der Waals surface area contributed by atoms with Crippen molar-refractivity contribution >= 4 is 0 Å². The van der Waals surface area contributed by atoms with Crippen LogP contribution in [0.15, 0.2) is 18.2 Å². The third-order valence-corrected chi connectivity index (χ3v) is 3.05. The van der Waals surface area contributed by atoms with Gasteiger partial charge in [0.05, 0.1) is 5.56 Å². The van der Waals surface area contributed by atoms with Crippen molar-refractivity contribution in [3.63, 3.8) is 0 Å². The molecule has 3 heteroatoms. The molecule has 0 nitrogen and oxygen atoms in total. The predicted molar refractivity (Wildman–Crippen MR) is 57.5 cm³/mol. The summed E-state index contributed by atoms with van der Waals surface area (Å²) in [6.45, 7) is 3.89. The van der Waals surface area contributed by atoms with Crippen molar-refractivity contribution < 1.29 is 13.2 Å². The number of hydrogen-bond donors (Lipinski definition) is 0. The Morgan fingerprint density at radius 2 is 1.81 bits per heavy atom. The first-order valence-electron chi connectivity index (χ1n) is 5.60. The number of benzene rings is 1. The molecule has 1 aromatic carbocycles. The lowest BCUT2D eigenvalue weighted by molar-refractivity contribution is -0.137. The van der Waals surface area contributed by atoms with Crippen molar-refractivity contribution in [1.29, 1.82) is 0 Å². The molecule has 1 aliphatic rings. The lowest BCUT2D eigenvalue weighted by Gasteiger charge is -2.15. The molecule has 0 aliphatic heterocycles. The highest BCUT2D eigenvalue weighted by molar-refractivity contribution is 5.39. The van der Waals surface area contributed by atoms with Crippen LogP contribution in [0.1, 0.15) is 55.2 Å². The summed E-state index contributed by atoms with van der Waals surface area (Å²) in [4.78, 5) is 0. The molecule has 0 amide bonds. The van der Waals surface area contributed by atoms with Gasteiger partial charge in [0.25, 0.3) is 0 Å². The SMILES string of the molecule is CC(C)c1cc(C(F)(F)F)ccc1C1CC1. The van der Waals surface area contributed by atoms with Gasteiger partial charge in [-0.25, -0.2) is 0 Å². The summed E-state index contributed by atoms with van der Waals surface area (Å²) in [5.74, 6) is 0.651. The molecule has 1 aromatic rings. The van der Waals surface area contributed by atoms with E-state index in [2.05, 4.69) is 0 Å². The fourth-order valence-electron chi connectivity index (χ4n) is 2.02. The fourth-order valence-corrected chi connectivity index (χ4v) is 2.02. The molecule has 0 bridgehead atoms. The van der Waals surface area contributed by atoms with Crippen molar-refractivity contribution in [2.75, 3.05) is 0 Å². The van der Waals surface area contributed by atoms with Crippen LogP contribution in [0.3, 0.4) is 0 Å². The highest BCUT2D eigenvalue weighted by Gasteiger charge is 2.33. The highest BCUT2D eigenvalue weighted by atomic mass is 19.4. The van der Waals surface area contributed by atoms with Crippen molar-refractivity contribution in [2.45, 2.75) is 44.7 Å². The van der Waals surface area contributed by atoms with E-state index >= 15 is 0 Å². The third-order valence-electron chi connectivity index (χ3n) is 3.05. The summed E-state index contributed by atoms with van der Waals surface area (Å²) in [5, 5.41) is 0. The summed E-state index contributed by atoms with van der Waals surface area (Å²) in [6.07, 6.45) is -2.00. The second-order valence-corrected chi connectivity index (χ2v) is 4.77. The normalized spacial score (nSPS) is 16.9. The van der Waals surface area contributed by atoms with Crippen LogP contribution in [-0.2, 0) is 6.18 Å². The average Bonchev–Trinajstić information content (AvgIpc) is 2.98. The van der Waals surface area contributed by atoms with Crippen molar-refractivity contribution in [3.05, 3.63) is 34.9 Å². The molecule has 0 heterocycles. The van der Waals surface area contributed by atoms with Crippen LogP contribution in [0.4, 0.5) is 13.2 Å². The molecule has 0 aromatic heterocycles. The van der Waals surface area contributed by atoms with Gasteiger partial charge in [0.1, 0.15) is 0 Å². The van der Waals surface area contributed by atoms with Gasteiger partial charge in [-0.3, -0.25) is 0 Å². The van der Waals surface area contributed by atoms with E-state index in [0.717, 1.165) is 24.0 Å². The second-order valence-electron chi connectivity index (χ2n) is 4.77. The van der Waals surface area contributed by atoms with E-state index in [1.54, 1.807) is 6.07 Å². The molecular weight excluding hydrogens is 213 g/mol. The Morgan fingerprint density at radius 3 is 2.25 bits per heavy atom. The van der Waals surface area contributed by atoms with Crippen LogP contribution >= 0.6 is 0 Å². The second kappa shape index (κ2) is 3.79. The van der Waals surface area contributed by atoms with Crippen LogP contribution in [0.5, 0.6) is 0 Å². The first kappa shape index (κ1) is 11.5. The van der Waals surface area contributed by atoms with E-state index in [4.69, 9.17) is 0 Å². The molecule has 1 saturated carbocycles. The standard InChI is InChI=1S/C13H15F3/c1-8(2)12-7-10(13(14,15)16)5-6-11(12)9-3-4-9/h5-9H,3-4H2,1-2H3. The van der Waals surface area contributed by atoms with Gasteiger partial charge in [-0.15, -0.1) is 0 Å². The van der Waals surface area contributed by atoms with Crippen LogP contribution in [0.2, 0.25) is 0 Å². The molecule has 0 spiro atoms. The quantitative estimate of drug-likeness (QED) is 0.687. The molecular formula is C13H15F3. The summed E-state index contributed by atoms with van der Waals surface area (Å²) in [7, 11) is 0. The van der Waals surface area contributed by atoms with Gasteiger partial charge in [0.2, 0.25) is 0 Å². The van der Waals surface area contributed by atoms with Gasteiger partial charge >= 0.3 is 6.18 Å². The number of rotatable bonds is 2. The molecule has 0 N–H and O–H groups in total. The van der Waals surface area contributed by atoms with Gasteiger partial charge in [-0.1, -0.05) is 19.9 Å². The molecule has 88 valence electrons. The Balaban J connectivity index is 2.43. The van der Waals surface area contributed by atoms with Gasteiger partial charge in [-0.05, 0) is 47.9 Å². The maximum Gasteiger partial charge on any atom is 0.416 e. The van der Waals surface area contributed by atoms with E-state index < -0.39 is 11.7 Å². The van der Waals surface area contributed by atoms with E-state index in [0.29, 0.717) is 5.92 Å². The minimum absolute atomic E-state index is 0.151. The predicted octanol–water partition coefficient (Wildman–Crippen LogP) is 4.71. The Morgan fingerprint density at radius 1 is 1.19 bits per heavy atom. The molecule has 16 heavy (non-hydrogen) atoms. The zero-order chi connectivity index (χ0) is 11.9. The number of hydrogen-bond acceptors (Lipinski definition) is 0. The summed E-state index contributed by atoms with van der Waals surface area (Å²) < 4.78 is 37.7. The van der Waals surface area contributed by atoms with E-state index in [-0.39, 0.29) is 5.92 Å². The molecule has 0 unspecified atom stereocenters. The Bertz CT molecular complexity index is 387. The Hall–Kier alpha value is -0.990. The highest BCUT2D eigenvalue weighted by Crippen LogP contribution is 2.44. The van der Waals surface area contributed by atoms with Crippen molar-refractivity contribution in [2.24, 2.45) is 0 Å². The minimum atomic E-state index is -4.23. The van der Waals surface area contributed by atoms with Crippen LogP contribution < -0.4 is 0 Å². The molecule has 1 aliphatic carbocycles. The fraction of sp³-hybridized carbons (Fsp3) is 0.538. The molecule has 1 fully saturated rings. The summed E-state index contributed by atoms with van der Waals surface area (Å²) in [5.41, 5.74) is 1.45. The van der Waals surface area contributed by atoms with Gasteiger partial charge in [0, 0.05) is 0 Å². The topological polar surface area (TPSA) is 0 Å². The van der Waals surface area contributed by atoms with Crippen molar-refractivity contribution in [3.8, 4) is 0 Å². The smallest absolute Gasteiger partial charge is 0.166 e.